The molecule has 0 unspecified atom stereocenters. The maximum absolute atomic E-state index is 10.9. The van der Waals surface area contributed by atoms with Crippen molar-refractivity contribution in [2.24, 2.45) is 0 Å². The smallest absolute Gasteiger partial charge is 0.274 e. The number of nitrogens with zero attached hydrogens (tertiary/aromatic N) is 3. The molecular weight excluding hydrogens is 256 g/mol. The molecule has 2 rings (SSSR count). The lowest BCUT2D eigenvalue weighted by Gasteiger charge is -2.14. The van der Waals surface area contributed by atoms with E-state index < -0.39 is 0 Å². The van der Waals surface area contributed by atoms with Crippen LogP contribution in [0.25, 0.3) is 0 Å². The molecule has 6 heteroatoms. The molecule has 0 aliphatic rings. The van der Waals surface area contributed by atoms with Crippen LogP contribution in [-0.2, 0) is 6.54 Å². The highest BCUT2D eigenvalue weighted by molar-refractivity contribution is 5.59. The standard InChI is InChI=1S/C14H18N4O2/c1-10(2)17-9-15-7-12(17)8-16-13-5-4-6-14(11(13)3)18(19)20/h4-7,9-10,16H,8H2,1-3H3. The fraction of sp³-hybridized carbons (Fsp3) is 0.357. The Morgan fingerprint density at radius 2 is 2.20 bits per heavy atom. The minimum Gasteiger partial charge on any atom is -0.379 e. The Hall–Kier alpha value is -2.37. The molecule has 0 radical (unpaired) electrons. The van der Waals surface area contributed by atoms with Gasteiger partial charge in [0.05, 0.1) is 23.5 Å². The van der Waals surface area contributed by atoms with Crippen molar-refractivity contribution in [3.63, 3.8) is 0 Å². The van der Waals surface area contributed by atoms with Crippen molar-refractivity contribution in [2.75, 3.05) is 5.32 Å². The summed E-state index contributed by atoms with van der Waals surface area (Å²) < 4.78 is 2.07. The lowest BCUT2D eigenvalue weighted by Crippen LogP contribution is -2.09. The normalized spacial score (nSPS) is 10.8. The maximum Gasteiger partial charge on any atom is 0.274 e. The van der Waals surface area contributed by atoms with E-state index in [0.717, 1.165) is 11.4 Å². The first-order valence-corrected chi connectivity index (χ1v) is 6.49. The van der Waals surface area contributed by atoms with Crippen LogP contribution in [0.15, 0.2) is 30.7 Å². The molecule has 1 aromatic heterocycles. The van der Waals surface area contributed by atoms with Crippen LogP contribution in [0.5, 0.6) is 0 Å². The molecule has 20 heavy (non-hydrogen) atoms. The molecule has 0 spiro atoms. The second-order valence-corrected chi connectivity index (χ2v) is 4.95. The molecule has 0 bridgehead atoms. The van der Waals surface area contributed by atoms with Crippen molar-refractivity contribution < 1.29 is 4.92 Å². The van der Waals surface area contributed by atoms with Gasteiger partial charge in [0, 0.05) is 29.6 Å². The van der Waals surface area contributed by atoms with E-state index in [1.54, 1.807) is 25.5 Å². The van der Waals surface area contributed by atoms with Crippen LogP contribution in [0, 0.1) is 17.0 Å². The molecule has 0 amide bonds. The van der Waals surface area contributed by atoms with E-state index in [1.807, 2.05) is 6.07 Å². The Labute approximate surface area is 117 Å². The molecule has 0 aliphatic carbocycles. The summed E-state index contributed by atoms with van der Waals surface area (Å²) in [5, 5.41) is 14.2. The molecule has 0 saturated carbocycles. The van der Waals surface area contributed by atoms with E-state index in [4.69, 9.17) is 0 Å². The zero-order valence-corrected chi connectivity index (χ0v) is 11.8. The SMILES string of the molecule is Cc1c(NCc2cncn2C(C)C)cccc1[N+](=O)[O-]. The summed E-state index contributed by atoms with van der Waals surface area (Å²) >= 11 is 0. The average Bonchev–Trinajstić information content (AvgIpc) is 2.85. The van der Waals surface area contributed by atoms with Gasteiger partial charge < -0.3 is 9.88 Å². The first-order valence-electron chi connectivity index (χ1n) is 6.49. The number of hydrogen-bond donors (Lipinski definition) is 1. The highest BCUT2D eigenvalue weighted by Gasteiger charge is 2.13. The van der Waals surface area contributed by atoms with E-state index in [1.165, 1.54) is 6.07 Å². The molecule has 106 valence electrons. The fourth-order valence-corrected chi connectivity index (χ4v) is 2.13. The quantitative estimate of drug-likeness (QED) is 0.670. The van der Waals surface area contributed by atoms with Crippen LogP contribution in [0.3, 0.4) is 0 Å². The van der Waals surface area contributed by atoms with Crippen molar-refractivity contribution in [2.45, 2.75) is 33.4 Å². The molecule has 2 aromatic rings. The van der Waals surface area contributed by atoms with Crippen molar-refractivity contribution in [3.05, 3.63) is 52.1 Å². The number of nitro groups is 1. The number of aromatic nitrogens is 2. The molecule has 1 aromatic carbocycles. The van der Waals surface area contributed by atoms with Crippen LogP contribution in [0.4, 0.5) is 11.4 Å². The van der Waals surface area contributed by atoms with Crippen LogP contribution in [-0.4, -0.2) is 14.5 Å². The molecular formula is C14H18N4O2. The van der Waals surface area contributed by atoms with Crippen LogP contribution in [0.2, 0.25) is 0 Å². The number of imidazole rings is 1. The minimum atomic E-state index is -0.362. The topological polar surface area (TPSA) is 73.0 Å². The molecule has 6 nitrogen and oxygen atoms in total. The summed E-state index contributed by atoms with van der Waals surface area (Å²) in [7, 11) is 0. The predicted molar refractivity (Wildman–Crippen MR) is 77.8 cm³/mol. The van der Waals surface area contributed by atoms with Gasteiger partial charge in [-0.2, -0.15) is 0 Å². The van der Waals surface area contributed by atoms with Gasteiger partial charge in [0.1, 0.15) is 0 Å². The Morgan fingerprint density at radius 1 is 1.45 bits per heavy atom. The van der Waals surface area contributed by atoms with Crippen LogP contribution < -0.4 is 5.32 Å². The lowest BCUT2D eigenvalue weighted by atomic mass is 10.1. The van der Waals surface area contributed by atoms with Gasteiger partial charge in [-0.3, -0.25) is 10.1 Å². The second-order valence-electron chi connectivity index (χ2n) is 4.95. The third-order valence-corrected chi connectivity index (χ3v) is 3.26. The molecule has 1 N–H and O–H groups in total. The van der Waals surface area contributed by atoms with Crippen LogP contribution in [0.1, 0.15) is 31.1 Å². The number of nitrogens with one attached hydrogen (secondary N) is 1. The van der Waals surface area contributed by atoms with Gasteiger partial charge in [0.15, 0.2) is 0 Å². The van der Waals surface area contributed by atoms with Gasteiger partial charge in [-0.15, -0.1) is 0 Å². The highest BCUT2D eigenvalue weighted by atomic mass is 16.6. The number of benzene rings is 1. The van der Waals surface area contributed by atoms with Crippen LogP contribution >= 0.6 is 0 Å². The van der Waals surface area contributed by atoms with E-state index in [-0.39, 0.29) is 10.6 Å². The molecule has 0 atom stereocenters. The van der Waals surface area contributed by atoms with Gasteiger partial charge in [-0.1, -0.05) is 6.07 Å². The van der Waals surface area contributed by atoms with Crippen molar-refractivity contribution in [1.29, 1.82) is 0 Å². The predicted octanol–water partition coefficient (Wildman–Crippen LogP) is 3.29. The molecule has 1 heterocycles. The summed E-state index contributed by atoms with van der Waals surface area (Å²) in [6.45, 7) is 6.51. The Bertz CT molecular complexity index is 619. The van der Waals surface area contributed by atoms with Gasteiger partial charge >= 0.3 is 0 Å². The van der Waals surface area contributed by atoms with E-state index in [2.05, 4.69) is 28.7 Å². The third-order valence-electron chi connectivity index (χ3n) is 3.26. The van der Waals surface area contributed by atoms with Crippen molar-refractivity contribution >= 4 is 11.4 Å². The minimum absolute atomic E-state index is 0.132. The first kappa shape index (κ1) is 14.0. The zero-order valence-electron chi connectivity index (χ0n) is 11.8. The van der Waals surface area contributed by atoms with Gasteiger partial charge in [0.2, 0.25) is 0 Å². The Balaban J connectivity index is 2.17. The molecule has 0 saturated heterocycles. The summed E-state index contributed by atoms with van der Waals surface area (Å²) in [6, 6.07) is 5.38. The number of rotatable bonds is 5. The Morgan fingerprint density at radius 3 is 2.85 bits per heavy atom. The van der Waals surface area contributed by atoms with E-state index >= 15 is 0 Å². The summed E-state index contributed by atoms with van der Waals surface area (Å²) in [4.78, 5) is 14.7. The largest absolute Gasteiger partial charge is 0.379 e. The first-order chi connectivity index (χ1) is 9.50. The number of nitro benzene ring substituents is 1. The molecule has 0 aliphatic heterocycles. The fourth-order valence-electron chi connectivity index (χ4n) is 2.13. The lowest BCUT2D eigenvalue weighted by molar-refractivity contribution is -0.385. The van der Waals surface area contributed by atoms with E-state index in [9.17, 15) is 10.1 Å². The molecule has 0 fully saturated rings. The summed E-state index contributed by atoms with van der Waals surface area (Å²) in [5.74, 6) is 0. The number of anilines is 1. The van der Waals surface area contributed by atoms with Gasteiger partial charge in [0.25, 0.3) is 5.69 Å². The number of hydrogen-bond acceptors (Lipinski definition) is 4. The zero-order chi connectivity index (χ0) is 14.7. The Kier molecular flexibility index (Phi) is 4.02. The van der Waals surface area contributed by atoms with Crippen molar-refractivity contribution in [1.82, 2.24) is 9.55 Å². The third kappa shape index (κ3) is 2.79. The van der Waals surface area contributed by atoms with Gasteiger partial charge in [-0.05, 0) is 26.8 Å². The summed E-state index contributed by atoms with van der Waals surface area (Å²) in [6.07, 6.45) is 3.60. The second kappa shape index (κ2) is 5.73. The summed E-state index contributed by atoms with van der Waals surface area (Å²) in [5.41, 5.74) is 2.60. The monoisotopic (exact) mass is 274 g/mol. The average molecular weight is 274 g/mol. The maximum atomic E-state index is 10.9. The highest BCUT2D eigenvalue weighted by Crippen LogP contribution is 2.25. The van der Waals surface area contributed by atoms with Gasteiger partial charge in [-0.25, -0.2) is 4.98 Å². The van der Waals surface area contributed by atoms with E-state index in [0.29, 0.717) is 18.2 Å². The van der Waals surface area contributed by atoms with Crippen molar-refractivity contribution in [3.8, 4) is 0 Å².